The quantitative estimate of drug-likeness (QED) is 0.561. The fourth-order valence-corrected chi connectivity index (χ4v) is 4.92. The topological polar surface area (TPSA) is 9.23 Å². The molecule has 0 fully saturated rings. The normalized spacial score (nSPS) is 12.0. The summed E-state index contributed by atoms with van der Waals surface area (Å²) in [4.78, 5) is 0. The molecule has 0 aliphatic rings. The first-order valence-electron chi connectivity index (χ1n) is 4.88. The van der Waals surface area contributed by atoms with Crippen molar-refractivity contribution in [2.45, 2.75) is 52.2 Å². The van der Waals surface area contributed by atoms with Gasteiger partial charge < -0.3 is 4.43 Å². The van der Waals surface area contributed by atoms with Gasteiger partial charge in [0.25, 0.3) is 0 Å². The highest BCUT2D eigenvalue weighted by atomic mass is 28.4. The molecule has 0 saturated carbocycles. The number of hydrogen-bond acceptors (Lipinski definition) is 1. The standard InChI is InChI=1S/C9H22OSi/c1-5-9-11(7-3,8-4)10-6-2/h5-9H2,1-4H3. The molecule has 0 aromatic rings. The summed E-state index contributed by atoms with van der Waals surface area (Å²) in [6.07, 6.45) is 1.29. The van der Waals surface area contributed by atoms with E-state index < -0.39 is 8.32 Å². The van der Waals surface area contributed by atoms with E-state index in [9.17, 15) is 0 Å². The van der Waals surface area contributed by atoms with Crippen LogP contribution in [0.5, 0.6) is 0 Å². The fourth-order valence-electron chi connectivity index (χ4n) is 1.64. The van der Waals surface area contributed by atoms with Crippen molar-refractivity contribution in [3.05, 3.63) is 0 Å². The van der Waals surface area contributed by atoms with Gasteiger partial charge in [-0.25, -0.2) is 0 Å². The van der Waals surface area contributed by atoms with Crippen LogP contribution in [0, 0.1) is 0 Å². The van der Waals surface area contributed by atoms with Crippen LogP contribution in [0.2, 0.25) is 18.1 Å². The Balaban J connectivity index is 3.96. The molecule has 0 unspecified atom stereocenters. The van der Waals surface area contributed by atoms with Crippen molar-refractivity contribution in [1.29, 1.82) is 0 Å². The van der Waals surface area contributed by atoms with E-state index in [1.807, 2.05) is 0 Å². The zero-order valence-electron chi connectivity index (χ0n) is 8.44. The first-order chi connectivity index (χ1) is 5.24. The molecule has 0 aromatic heterocycles. The predicted octanol–water partition coefficient (Wildman–Crippen LogP) is 3.42. The van der Waals surface area contributed by atoms with Crippen LogP contribution in [0.4, 0.5) is 0 Å². The Hall–Kier alpha value is 0.177. The van der Waals surface area contributed by atoms with E-state index in [0.717, 1.165) is 6.61 Å². The minimum absolute atomic E-state index is 0.911. The fraction of sp³-hybridized carbons (Fsp3) is 1.00. The van der Waals surface area contributed by atoms with Crippen molar-refractivity contribution in [2.75, 3.05) is 6.61 Å². The van der Waals surface area contributed by atoms with Gasteiger partial charge in [-0.05, 0) is 25.1 Å². The molecule has 0 N–H and O–H groups in total. The zero-order valence-corrected chi connectivity index (χ0v) is 9.44. The zero-order chi connectivity index (χ0) is 8.74. The summed E-state index contributed by atoms with van der Waals surface area (Å²) in [5.41, 5.74) is 0. The smallest absolute Gasteiger partial charge is 0.192 e. The van der Waals surface area contributed by atoms with Gasteiger partial charge in [-0.1, -0.05) is 27.2 Å². The van der Waals surface area contributed by atoms with Crippen LogP contribution < -0.4 is 0 Å². The van der Waals surface area contributed by atoms with E-state index >= 15 is 0 Å². The molecule has 0 rings (SSSR count). The molecular formula is C9H22OSi. The first kappa shape index (κ1) is 11.2. The molecule has 0 aliphatic heterocycles. The van der Waals surface area contributed by atoms with E-state index in [1.54, 1.807) is 0 Å². The number of hydrogen-bond donors (Lipinski definition) is 0. The maximum absolute atomic E-state index is 5.91. The summed E-state index contributed by atoms with van der Waals surface area (Å²) < 4.78 is 5.91. The second-order valence-electron chi connectivity index (χ2n) is 3.07. The monoisotopic (exact) mass is 174 g/mol. The summed E-state index contributed by atoms with van der Waals surface area (Å²) in [6.45, 7) is 9.84. The molecule has 11 heavy (non-hydrogen) atoms. The van der Waals surface area contributed by atoms with Gasteiger partial charge in [0.15, 0.2) is 8.32 Å². The van der Waals surface area contributed by atoms with Crippen LogP contribution in [0.15, 0.2) is 0 Å². The highest BCUT2D eigenvalue weighted by Gasteiger charge is 2.28. The van der Waals surface area contributed by atoms with Crippen LogP contribution >= 0.6 is 0 Å². The van der Waals surface area contributed by atoms with Crippen molar-refractivity contribution in [1.82, 2.24) is 0 Å². The molecule has 0 atom stereocenters. The third kappa shape index (κ3) is 3.39. The predicted molar refractivity (Wildman–Crippen MR) is 53.4 cm³/mol. The number of rotatable bonds is 6. The molecule has 1 nitrogen and oxygen atoms in total. The van der Waals surface area contributed by atoms with E-state index in [4.69, 9.17) is 4.43 Å². The van der Waals surface area contributed by atoms with E-state index in [0.29, 0.717) is 0 Å². The highest BCUT2D eigenvalue weighted by molar-refractivity contribution is 6.73. The highest BCUT2D eigenvalue weighted by Crippen LogP contribution is 2.23. The molecule has 2 heteroatoms. The van der Waals surface area contributed by atoms with Crippen molar-refractivity contribution in [2.24, 2.45) is 0 Å². The molecule has 0 saturated heterocycles. The van der Waals surface area contributed by atoms with Crippen molar-refractivity contribution < 1.29 is 4.43 Å². The molecule has 0 amide bonds. The van der Waals surface area contributed by atoms with Gasteiger partial charge in [0.1, 0.15) is 0 Å². The van der Waals surface area contributed by atoms with Gasteiger partial charge in [-0.15, -0.1) is 0 Å². The van der Waals surface area contributed by atoms with Crippen molar-refractivity contribution in [3.63, 3.8) is 0 Å². The molecule has 0 bridgehead atoms. The average Bonchev–Trinajstić information content (AvgIpc) is 2.04. The molecule has 0 heterocycles. The Morgan fingerprint density at radius 3 is 1.82 bits per heavy atom. The van der Waals surface area contributed by atoms with Crippen LogP contribution in [-0.2, 0) is 4.43 Å². The molecule has 0 radical (unpaired) electrons. The minimum Gasteiger partial charge on any atom is -0.417 e. The average molecular weight is 174 g/mol. The first-order valence-corrected chi connectivity index (χ1v) is 7.41. The summed E-state index contributed by atoms with van der Waals surface area (Å²) in [5, 5.41) is 0. The lowest BCUT2D eigenvalue weighted by Gasteiger charge is -2.28. The molecule has 0 spiro atoms. The van der Waals surface area contributed by atoms with Crippen molar-refractivity contribution in [3.8, 4) is 0 Å². The third-order valence-electron chi connectivity index (χ3n) is 2.44. The van der Waals surface area contributed by atoms with Crippen LogP contribution in [-0.4, -0.2) is 14.9 Å². The van der Waals surface area contributed by atoms with Gasteiger partial charge in [0, 0.05) is 6.61 Å². The van der Waals surface area contributed by atoms with Crippen LogP contribution in [0.25, 0.3) is 0 Å². The molecular weight excluding hydrogens is 152 g/mol. The Morgan fingerprint density at radius 2 is 1.55 bits per heavy atom. The van der Waals surface area contributed by atoms with Gasteiger partial charge in [0.2, 0.25) is 0 Å². The lowest BCUT2D eigenvalue weighted by atomic mass is 10.6. The Bertz CT molecular complexity index is 81.6. The minimum atomic E-state index is -1.24. The lowest BCUT2D eigenvalue weighted by molar-refractivity contribution is 0.319. The molecule has 0 aromatic carbocycles. The third-order valence-corrected chi connectivity index (χ3v) is 7.33. The largest absolute Gasteiger partial charge is 0.417 e. The van der Waals surface area contributed by atoms with Gasteiger partial charge in [-0.2, -0.15) is 0 Å². The molecule has 68 valence electrons. The van der Waals surface area contributed by atoms with Gasteiger partial charge >= 0.3 is 0 Å². The van der Waals surface area contributed by atoms with E-state index in [2.05, 4.69) is 27.7 Å². The van der Waals surface area contributed by atoms with Crippen LogP contribution in [0.1, 0.15) is 34.1 Å². The summed E-state index contributed by atoms with van der Waals surface area (Å²) in [7, 11) is -1.24. The lowest BCUT2D eigenvalue weighted by Crippen LogP contribution is -2.36. The maximum atomic E-state index is 5.91. The summed E-state index contributed by atoms with van der Waals surface area (Å²) >= 11 is 0. The second kappa shape index (κ2) is 5.78. The molecule has 0 aliphatic carbocycles. The second-order valence-corrected chi connectivity index (χ2v) is 7.64. The maximum Gasteiger partial charge on any atom is 0.192 e. The Kier molecular flexibility index (Phi) is 5.87. The Labute approximate surface area is 72.3 Å². The SMILES string of the molecule is CCC[Si](CC)(CC)OCC. The summed E-state index contributed by atoms with van der Waals surface area (Å²) in [6, 6.07) is 3.91. The Morgan fingerprint density at radius 1 is 1.00 bits per heavy atom. The van der Waals surface area contributed by atoms with E-state index in [-0.39, 0.29) is 0 Å². The summed E-state index contributed by atoms with van der Waals surface area (Å²) in [5.74, 6) is 0. The van der Waals surface area contributed by atoms with Gasteiger partial charge in [-0.3, -0.25) is 0 Å². The van der Waals surface area contributed by atoms with E-state index in [1.165, 1.54) is 24.6 Å². The van der Waals surface area contributed by atoms with Crippen molar-refractivity contribution >= 4 is 8.32 Å². The van der Waals surface area contributed by atoms with Gasteiger partial charge in [0.05, 0.1) is 0 Å². The van der Waals surface area contributed by atoms with Crippen LogP contribution in [0.3, 0.4) is 0 Å².